The fourth-order valence-corrected chi connectivity index (χ4v) is 6.85. The van der Waals surface area contributed by atoms with Crippen LogP contribution in [0, 0.1) is 40.4 Å². The van der Waals surface area contributed by atoms with Crippen molar-refractivity contribution in [3.63, 3.8) is 0 Å². The maximum absolute atomic E-state index is 13.7. The molecule has 0 bridgehead atoms. The third kappa shape index (κ3) is 3.04. The molecule has 0 unspecified atom stereocenters. The molecule has 0 radical (unpaired) electrons. The van der Waals surface area contributed by atoms with Crippen molar-refractivity contribution in [2.75, 3.05) is 0 Å². The van der Waals surface area contributed by atoms with Crippen molar-refractivity contribution in [2.45, 2.75) is 82.1 Å². The first-order chi connectivity index (χ1) is 14.3. The van der Waals surface area contributed by atoms with E-state index >= 15 is 0 Å². The van der Waals surface area contributed by atoms with Crippen LogP contribution in [0.2, 0.25) is 0 Å². The number of alkyl halides is 3. The number of hydrogen-bond acceptors (Lipinski definition) is 3. The van der Waals surface area contributed by atoms with Gasteiger partial charge in [0, 0.05) is 6.54 Å². The molecule has 0 N–H and O–H groups in total. The minimum atomic E-state index is -4.46. The molecule has 1 aliphatic heterocycles. The molecule has 0 spiro atoms. The molecule has 1 heterocycles. The number of hydrogen-bond donors (Lipinski definition) is 0. The topological polar surface area (TPSA) is 50.8 Å². The minimum absolute atomic E-state index is 0.00345. The second kappa shape index (κ2) is 7.57. The summed E-state index contributed by atoms with van der Waals surface area (Å²) in [5.41, 5.74) is -2.25. The van der Waals surface area contributed by atoms with Crippen molar-refractivity contribution in [3.05, 3.63) is 35.4 Å². The van der Waals surface area contributed by atoms with Crippen LogP contribution in [0.25, 0.3) is 0 Å². The first-order valence-corrected chi connectivity index (χ1v) is 11.1. The lowest BCUT2D eigenvalue weighted by Crippen LogP contribution is -2.72. The van der Waals surface area contributed by atoms with Gasteiger partial charge in [0.15, 0.2) is 0 Å². The Kier molecular flexibility index (Phi) is 5.35. The van der Waals surface area contributed by atoms with Crippen molar-refractivity contribution in [3.8, 4) is 12.1 Å². The lowest BCUT2D eigenvalue weighted by Gasteiger charge is -2.64. The summed E-state index contributed by atoms with van der Waals surface area (Å²) >= 11 is 0. The smallest absolute Gasteiger partial charge is 0.262 e. The van der Waals surface area contributed by atoms with Gasteiger partial charge < -0.3 is 0 Å². The molecule has 160 valence electrons. The Hall–Kier alpha value is -2.05. The summed E-state index contributed by atoms with van der Waals surface area (Å²) in [7, 11) is 0. The number of likely N-dealkylation sites (tertiary alicyclic amines) is 1. The first-order valence-electron chi connectivity index (χ1n) is 11.1. The van der Waals surface area contributed by atoms with Crippen molar-refractivity contribution in [1.82, 2.24) is 4.90 Å². The van der Waals surface area contributed by atoms with Crippen molar-refractivity contribution >= 4 is 0 Å². The molecule has 1 aromatic rings. The summed E-state index contributed by atoms with van der Waals surface area (Å²) in [5, 5.41) is 20.9. The lowest BCUT2D eigenvalue weighted by atomic mass is 9.52. The highest BCUT2D eigenvalue weighted by Gasteiger charge is 2.64. The van der Waals surface area contributed by atoms with Gasteiger partial charge in [0.1, 0.15) is 11.1 Å². The van der Waals surface area contributed by atoms with Gasteiger partial charge in [0.2, 0.25) is 0 Å². The summed E-state index contributed by atoms with van der Waals surface area (Å²) < 4.78 is 41.2. The Morgan fingerprint density at radius 2 is 1.50 bits per heavy atom. The normalized spacial score (nSPS) is 36.8. The monoisotopic (exact) mass is 415 g/mol. The van der Waals surface area contributed by atoms with E-state index in [1.807, 2.05) is 4.90 Å². The zero-order chi connectivity index (χ0) is 21.6. The fraction of sp³-hybridized carbons (Fsp3) is 0.667. The van der Waals surface area contributed by atoms with Crippen LogP contribution in [0.1, 0.15) is 69.4 Å². The summed E-state index contributed by atoms with van der Waals surface area (Å²) in [6.45, 7) is 2.17. The molecular weight excluding hydrogens is 387 g/mol. The van der Waals surface area contributed by atoms with Crippen molar-refractivity contribution in [2.24, 2.45) is 17.8 Å². The number of piperidine rings is 1. The second-order valence-electron chi connectivity index (χ2n) is 9.38. The zero-order valence-corrected chi connectivity index (χ0v) is 17.4. The summed E-state index contributed by atoms with van der Waals surface area (Å²) in [6, 6.07) is 10.8. The Labute approximate surface area is 176 Å². The molecule has 0 aromatic heterocycles. The summed E-state index contributed by atoms with van der Waals surface area (Å²) in [4.78, 5) is 1.94. The standard InChI is InChI=1S/C24H28F3N3/c1-17-19-9-4-6-12-22(19,15-28)30(23(16-29)13-7-5-10-20(17)23)14-18-8-2-3-11-21(18)24(25,26)27/h2-3,8,11,17,19-20H,4-7,9-10,12-14H2,1H3/t19-,20-,22+,23+/m1/s1. The van der Waals surface area contributed by atoms with Crippen LogP contribution in [0.15, 0.2) is 24.3 Å². The van der Waals surface area contributed by atoms with Crippen molar-refractivity contribution in [1.29, 1.82) is 10.5 Å². The Bertz CT molecular complexity index is 841. The van der Waals surface area contributed by atoms with Gasteiger partial charge >= 0.3 is 6.18 Å². The number of halogens is 3. The highest BCUT2D eigenvalue weighted by atomic mass is 19.4. The summed E-state index contributed by atoms with van der Waals surface area (Å²) in [5.74, 6) is 0.414. The number of nitrogens with zero attached hydrogens (tertiary/aromatic N) is 3. The molecule has 3 aliphatic rings. The first kappa shape index (κ1) is 21.2. The third-order valence-corrected chi connectivity index (χ3v) is 8.14. The van der Waals surface area contributed by atoms with Gasteiger partial charge in [-0.25, -0.2) is 0 Å². The number of benzene rings is 1. The molecule has 3 nitrogen and oxygen atoms in total. The molecule has 30 heavy (non-hydrogen) atoms. The molecule has 1 aromatic carbocycles. The van der Waals surface area contributed by atoms with Crippen LogP contribution in [-0.4, -0.2) is 16.0 Å². The van der Waals surface area contributed by atoms with E-state index in [1.54, 1.807) is 6.07 Å². The number of fused-ring (bicyclic) bond motifs is 2. The Morgan fingerprint density at radius 3 is 2.00 bits per heavy atom. The molecular formula is C24H28F3N3. The largest absolute Gasteiger partial charge is 0.416 e. The van der Waals surface area contributed by atoms with Gasteiger partial charge in [-0.2, -0.15) is 23.7 Å². The van der Waals surface area contributed by atoms with Crippen LogP contribution in [0.5, 0.6) is 0 Å². The molecule has 0 amide bonds. The molecule has 2 aliphatic carbocycles. The van der Waals surface area contributed by atoms with E-state index in [9.17, 15) is 23.7 Å². The SMILES string of the molecule is CC1[C@H]2CCCC[C@@]2(C#N)N(Cc2ccccc2C(F)(F)F)[C@]2(C#N)CCCC[C@H]12. The highest BCUT2D eigenvalue weighted by Crippen LogP contribution is 2.58. The minimum Gasteiger partial charge on any atom is -0.262 e. The second-order valence-corrected chi connectivity index (χ2v) is 9.38. The molecule has 1 saturated heterocycles. The average molecular weight is 416 g/mol. The highest BCUT2D eigenvalue weighted by molar-refractivity contribution is 5.34. The van der Waals surface area contributed by atoms with Gasteiger partial charge in [-0.15, -0.1) is 0 Å². The molecule has 4 rings (SSSR count). The predicted molar refractivity (Wildman–Crippen MR) is 107 cm³/mol. The van der Waals surface area contributed by atoms with Crippen LogP contribution < -0.4 is 0 Å². The van der Waals surface area contributed by atoms with E-state index in [1.165, 1.54) is 12.1 Å². The Balaban J connectivity index is 1.88. The number of rotatable bonds is 2. The maximum Gasteiger partial charge on any atom is 0.416 e. The van der Waals surface area contributed by atoms with E-state index in [2.05, 4.69) is 19.1 Å². The predicted octanol–water partition coefficient (Wildman–Crippen LogP) is 6.06. The van der Waals surface area contributed by atoms with Gasteiger partial charge in [-0.3, -0.25) is 4.90 Å². The van der Waals surface area contributed by atoms with Gasteiger partial charge in [-0.05, 0) is 55.1 Å². The van der Waals surface area contributed by atoms with Crippen LogP contribution in [0.3, 0.4) is 0 Å². The number of nitriles is 2. The van der Waals surface area contributed by atoms with E-state index < -0.39 is 22.8 Å². The van der Waals surface area contributed by atoms with Gasteiger partial charge in [-0.1, -0.05) is 50.8 Å². The molecule has 2 saturated carbocycles. The van der Waals surface area contributed by atoms with E-state index in [0.29, 0.717) is 12.8 Å². The fourth-order valence-electron chi connectivity index (χ4n) is 6.85. The quantitative estimate of drug-likeness (QED) is 0.590. The van der Waals surface area contributed by atoms with E-state index in [0.717, 1.165) is 44.6 Å². The van der Waals surface area contributed by atoms with Gasteiger partial charge in [0.25, 0.3) is 0 Å². The van der Waals surface area contributed by atoms with E-state index in [4.69, 9.17) is 0 Å². The van der Waals surface area contributed by atoms with Gasteiger partial charge in [0.05, 0.1) is 17.7 Å². The van der Waals surface area contributed by atoms with Crippen molar-refractivity contribution < 1.29 is 13.2 Å². The molecule has 4 atom stereocenters. The van der Waals surface area contributed by atoms with Crippen LogP contribution in [0.4, 0.5) is 13.2 Å². The van der Waals surface area contributed by atoms with E-state index in [-0.39, 0.29) is 29.9 Å². The third-order valence-electron chi connectivity index (χ3n) is 8.14. The van der Waals surface area contributed by atoms with Crippen LogP contribution in [-0.2, 0) is 12.7 Å². The maximum atomic E-state index is 13.7. The Morgan fingerprint density at radius 1 is 0.967 bits per heavy atom. The van der Waals surface area contributed by atoms with Crippen LogP contribution >= 0.6 is 0 Å². The lowest BCUT2D eigenvalue weighted by molar-refractivity contribution is -0.151. The average Bonchev–Trinajstić information content (AvgIpc) is 2.76. The molecule has 6 heteroatoms. The molecule has 3 fully saturated rings. The zero-order valence-electron chi connectivity index (χ0n) is 17.4. The summed E-state index contributed by atoms with van der Waals surface area (Å²) in [6.07, 6.45) is 2.44.